The SMILES string of the molecule is O=Cc1cc(F)cnc1-c1cc(Cl)c(Cl)cc1Cl. The smallest absolute Gasteiger partial charge is 0.152 e. The van der Waals surface area contributed by atoms with Crippen LogP contribution in [-0.2, 0) is 0 Å². The van der Waals surface area contributed by atoms with Gasteiger partial charge in [-0.25, -0.2) is 4.39 Å². The number of benzene rings is 1. The van der Waals surface area contributed by atoms with E-state index in [0.29, 0.717) is 16.9 Å². The second kappa shape index (κ2) is 5.22. The molecule has 2 rings (SSSR count). The summed E-state index contributed by atoms with van der Waals surface area (Å²) in [6.45, 7) is 0. The molecule has 0 bridgehead atoms. The predicted molar refractivity (Wildman–Crippen MR) is 70.0 cm³/mol. The Morgan fingerprint density at radius 1 is 1.06 bits per heavy atom. The standard InChI is InChI=1S/C12H5Cl3FNO/c13-9-3-11(15)10(14)2-8(9)12-6(5-18)1-7(16)4-17-12/h1-5H. The zero-order chi connectivity index (χ0) is 13.3. The van der Waals surface area contributed by atoms with Gasteiger partial charge in [-0.2, -0.15) is 0 Å². The van der Waals surface area contributed by atoms with Gasteiger partial charge in [-0.3, -0.25) is 9.78 Å². The van der Waals surface area contributed by atoms with E-state index in [1.165, 1.54) is 12.1 Å². The number of rotatable bonds is 2. The number of pyridine rings is 1. The van der Waals surface area contributed by atoms with Crippen molar-refractivity contribution in [2.75, 3.05) is 0 Å². The molecular formula is C12H5Cl3FNO. The molecule has 1 aromatic carbocycles. The highest BCUT2D eigenvalue weighted by molar-refractivity contribution is 6.44. The third-order valence-electron chi connectivity index (χ3n) is 2.28. The minimum absolute atomic E-state index is 0.0929. The molecule has 0 atom stereocenters. The summed E-state index contributed by atoms with van der Waals surface area (Å²) in [7, 11) is 0. The molecule has 0 aliphatic heterocycles. The molecule has 0 spiro atoms. The van der Waals surface area contributed by atoms with E-state index >= 15 is 0 Å². The Balaban J connectivity index is 2.69. The molecule has 0 saturated carbocycles. The van der Waals surface area contributed by atoms with Gasteiger partial charge >= 0.3 is 0 Å². The summed E-state index contributed by atoms with van der Waals surface area (Å²) in [6, 6.07) is 4.01. The topological polar surface area (TPSA) is 30.0 Å². The summed E-state index contributed by atoms with van der Waals surface area (Å²) in [5, 5.41) is 0.853. The molecule has 6 heteroatoms. The lowest BCUT2D eigenvalue weighted by molar-refractivity contribution is 0.112. The number of aromatic nitrogens is 1. The lowest BCUT2D eigenvalue weighted by Gasteiger charge is -2.08. The Morgan fingerprint density at radius 2 is 1.72 bits per heavy atom. The predicted octanol–water partition coefficient (Wildman–Crippen LogP) is 4.66. The van der Waals surface area contributed by atoms with E-state index in [2.05, 4.69) is 4.98 Å². The van der Waals surface area contributed by atoms with E-state index in [0.717, 1.165) is 12.3 Å². The summed E-state index contributed by atoms with van der Waals surface area (Å²) < 4.78 is 13.0. The van der Waals surface area contributed by atoms with Gasteiger partial charge in [-0.15, -0.1) is 0 Å². The number of hydrogen-bond acceptors (Lipinski definition) is 2. The highest BCUT2D eigenvalue weighted by Crippen LogP contribution is 2.35. The molecule has 0 unspecified atom stereocenters. The minimum atomic E-state index is -0.600. The van der Waals surface area contributed by atoms with Crippen LogP contribution in [0.4, 0.5) is 4.39 Å². The van der Waals surface area contributed by atoms with Crippen LogP contribution in [0.5, 0.6) is 0 Å². The van der Waals surface area contributed by atoms with Crippen molar-refractivity contribution in [3.63, 3.8) is 0 Å². The van der Waals surface area contributed by atoms with Crippen molar-refractivity contribution in [1.29, 1.82) is 0 Å². The molecule has 2 aromatic rings. The molecular weight excluding hydrogens is 299 g/mol. The first kappa shape index (κ1) is 13.3. The van der Waals surface area contributed by atoms with E-state index < -0.39 is 5.82 Å². The summed E-state index contributed by atoms with van der Waals surface area (Å²) in [4.78, 5) is 14.8. The average molecular weight is 305 g/mol. The first-order chi connectivity index (χ1) is 8.52. The molecule has 0 fully saturated rings. The van der Waals surface area contributed by atoms with Gasteiger partial charge in [0.05, 0.1) is 27.0 Å². The average Bonchev–Trinajstić information content (AvgIpc) is 2.34. The number of carbonyl (C=O) groups is 1. The van der Waals surface area contributed by atoms with Crippen molar-refractivity contribution < 1.29 is 9.18 Å². The third kappa shape index (κ3) is 2.48. The van der Waals surface area contributed by atoms with Gasteiger partial charge in [0.1, 0.15) is 5.82 Å². The lowest BCUT2D eigenvalue weighted by Crippen LogP contribution is -1.94. The van der Waals surface area contributed by atoms with Crippen molar-refractivity contribution in [3.8, 4) is 11.3 Å². The molecule has 0 N–H and O–H groups in total. The van der Waals surface area contributed by atoms with E-state index in [1.807, 2.05) is 0 Å². The normalized spacial score (nSPS) is 10.4. The fraction of sp³-hybridized carbons (Fsp3) is 0. The van der Waals surface area contributed by atoms with Gasteiger partial charge in [0, 0.05) is 11.1 Å². The van der Waals surface area contributed by atoms with Crippen molar-refractivity contribution >= 4 is 41.1 Å². The molecule has 2 nitrogen and oxygen atoms in total. The van der Waals surface area contributed by atoms with Gasteiger partial charge in [0.2, 0.25) is 0 Å². The second-order valence-electron chi connectivity index (χ2n) is 3.46. The van der Waals surface area contributed by atoms with Gasteiger partial charge in [-0.05, 0) is 18.2 Å². The van der Waals surface area contributed by atoms with Crippen molar-refractivity contribution in [1.82, 2.24) is 4.98 Å². The van der Waals surface area contributed by atoms with Crippen LogP contribution >= 0.6 is 34.8 Å². The number of nitrogens with zero attached hydrogens (tertiary/aromatic N) is 1. The van der Waals surface area contributed by atoms with Crippen LogP contribution in [0, 0.1) is 5.82 Å². The van der Waals surface area contributed by atoms with Crippen LogP contribution in [0.1, 0.15) is 10.4 Å². The highest BCUT2D eigenvalue weighted by Gasteiger charge is 2.13. The Kier molecular flexibility index (Phi) is 3.85. The molecule has 0 aliphatic rings. The van der Waals surface area contributed by atoms with E-state index in [1.54, 1.807) is 0 Å². The fourth-order valence-corrected chi connectivity index (χ4v) is 2.11. The molecule has 0 aliphatic carbocycles. The monoisotopic (exact) mass is 303 g/mol. The zero-order valence-corrected chi connectivity index (χ0v) is 11.0. The van der Waals surface area contributed by atoms with Gasteiger partial charge < -0.3 is 0 Å². The lowest BCUT2D eigenvalue weighted by atomic mass is 10.1. The van der Waals surface area contributed by atoms with Crippen molar-refractivity contribution in [2.45, 2.75) is 0 Å². The first-order valence-corrected chi connectivity index (χ1v) is 5.92. The van der Waals surface area contributed by atoms with Gasteiger partial charge in [0.25, 0.3) is 0 Å². The molecule has 0 amide bonds. The Morgan fingerprint density at radius 3 is 2.39 bits per heavy atom. The molecule has 1 aromatic heterocycles. The molecule has 92 valence electrons. The Hall–Kier alpha value is -1.16. The highest BCUT2D eigenvalue weighted by atomic mass is 35.5. The van der Waals surface area contributed by atoms with Crippen LogP contribution in [0.2, 0.25) is 15.1 Å². The fourth-order valence-electron chi connectivity index (χ4n) is 1.47. The van der Waals surface area contributed by atoms with Crippen molar-refractivity contribution in [2.24, 2.45) is 0 Å². The Labute approximate surface area is 117 Å². The maximum absolute atomic E-state index is 13.0. The number of halogens is 4. The summed E-state index contributed by atoms with van der Waals surface area (Å²) in [6.07, 6.45) is 1.51. The maximum Gasteiger partial charge on any atom is 0.152 e. The van der Waals surface area contributed by atoms with E-state index in [-0.39, 0.29) is 21.3 Å². The largest absolute Gasteiger partial charge is 0.298 e. The second-order valence-corrected chi connectivity index (χ2v) is 4.68. The van der Waals surface area contributed by atoms with E-state index in [9.17, 15) is 9.18 Å². The zero-order valence-electron chi connectivity index (χ0n) is 8.75. The van der Waals surface area contributed by atoms with Crippen LogP contribution < -0.4 is 0 Å². The quantitative estimate of drug-likeness (QED) is 0.596. The summed E-state index contributed by atoms with van der Waals surface area (Å²) in [5.74, 6) is -0.600. The van der Waals surface area contributed by atoms with Crippen LogP contribution in [0.15, 0.2) is 24.4 Å². The van der Waals surface area contributed by atoms with Crippen LogP contribution in [0.25, 0.3) is 11.3 Å². The minimum Gasteiger partial charge on any atom is -0.298 e. The number of aldehydes is 1. The molecule has 0 saturated heterocycles. The molecule has 0 radical (unpaired) electrons. The molecule has 1 heterocycles. The molecule has 18 heavy (non-hydrogen) atoms. The third-order valence-corrected chi connectivity index (χ3v) is 3.31. The summed E-state index contributed by atoms with van der Waals surface area (Å²) >= 11 is 17.7. The summed E-state index contributed by atoms with van der Waals surface area (Å²) in [5.41, 5.74) is 0.776. The van der Waals surface area contributed by atoms with E-state index in [4.69, 9.17) is 34.8 Å². The first-order valence-electron chi connectivity index (χ1n) is 4.78. The maximum atomic E-state index is 13.0. The van der Waals surface area contributed by atoms with Gasteiger partial charge in [0.15, 0.2) is 6.29 Å². The van der Waals surface area contributed by atoms with Gasteiger partial charge in [-0.1, -0.05) is 34.8 Å². The number of carbonyl (C=O) groups excluding carboxylic acids is 1. The van der Waals surface area contributed by atoms with Crippen LogP contribution in [0.3, 0.4) is 0 Å². The number of hydrogen-bond donors (Lipinski definition) is 0. The van der Waals surface area contributed by atoms with Crippen molar-refractivity contribution in [3.05, 3.63) is 50.8 Å². The Bertz CT molecular complexity index is 631. The van der Waals surface area contributed by atoms with Crippen LogP contribution in [-0.4, -0.2) is 11.3 Å².